The Morgan fingerprint density at radius 3 is 0.0762 bits per heavy atom. The van der Waals surface area contributed by atoms with Crippen molar-refractivity contribution >= 4 is 0 Å². The molecule has 0 spiro atoms. The van der Waals surface area contributed by atoms with E-state index in [0.717, 1.165) is 0 Å². The van der Waals surface area contributed by atoms with Crippen molar-refractivity contribution < 1.29 is 331 Å². The summed E-state index contributed by atoms with van der Waals surface area (Å²) in [7, 11) is 0. The fourth-order valence-electron chi connectivity index (χ4n) is 0. The van der Waals surface area contributed by atoms with Crippen LogP contribution < -0.4 is 24.6 Å². The van der Waals surface area contributed by atoms with Crippen LogP contribution in [-0.4, -0.2) is 122 Å². The quantitative estimate of drug-likeness (QED) is 0.132. The molecule has 0 bridgehead atoms. The summed E-state index contributed by atoms with van der Waals surface area (Å²) >= 11 is 0. The predicted octanol–water partition coefficient (Wildman–Crippen LogP) is -4.23. The third-order valence-corrected chi connectivity index (χ3v) is 0. The third kappa shape index (κ3) is 4710. The Morgan fingerprint density at radius 1 is 0.0762 bits per heavy atom. The minimum Gasteiger partial charge on any atom is -0.369 e. The smallest absolute Gasteiger partial charge is 0.369 e. The van der Waals surface area contributed by atoms with E-state index in [0.29, 0.717) is 0 Å². The molecular formula is H16Ce5N28O72. The minimum absolute atomic E-state index is 0. The van der Waals surface area contributed by atoms with Crippen molar-refractivity contribution in [2.45, 2.75) is 0 Å². The van der Waals surface area contributed by atoms with Gasteiger partial charge in [-0.05, 0) is 0 Å². The van der Waals surface area contributed by atoms with Crippen molar-refractivity contribution in [3.63, 3.8) is 0 Å². The van der Waals surface area contributed by atoms with E-state index in [9.17, 15) is 0 Å². The zero-order chi connectivity index (χ0) is 85.9. The van der Waals surface area contributed by atoms with E-state index in [1.807, 2.05) is 0 Å². The SMILES string of the molecule is O=[N+]([O-])[O-].O=[N+]([O-])[O-].O=[N+]([O-])[O-].O=[N+]([O-])[O-].O=[N+]([O-])[O-].O=[N+]([O-])[O-].O=[N+]([O-])[O-].O=[N+]([O-])[O-].O=[N+]([O-])[O-].O=[N+]([O-])[O-].O=[N+]([O-])[O-].O=[N+]([O-])[O-].O=[N+]([O-])[O-].O=[N+]([O-])[O-].O=[N+]([O-])[O-].O=[N+]([O-])[O-].O=[N+]([O-])[O-].O=[N+]([O-])[O-].O=[N+]([O-])[O-].O=[N+]([O-])[O-].O=[N+]([O-])[O-].O=[N+]([O-])[O-].O=[N+]([O-])[O-].O=[N+]([O-])[O-].[Ce+4].[Ce+4].[Ce+4].[Ce+4].[Ce+4].[NH4+].[NH4+].[NH4+].[NH4+]. The van der Waals surface area contributed by atoms with Gasteiger partial charge in [0.25, 0.3) is 0 Å². The van der Waals surface area contributed by atoms with Gasteiger partial charge < -0.3 is 392 Å². The number of hydrogen-bond donors (Lipinski definition) is 4. The number of hydrogen-bond acceptors (Lipinski definition) is 72. The molecule has 16 N–H and O–H groups in total. The van der Waals surface area contributed by atoms with Crippen molar-refractivity contribution in [1.29, 1.82) is 0 Å². The van der Waals surface area contributed by atoms with Gasteiger partial charge in [0.15, 0.2) is 0 Å². The van der Waals surface area contributed by atoms with E-state index in [4.69, 9.17) is 368 Å². The van der Waals surface area contributed by atoms with Gasteiger partial charge in [-0.1, -0.05) is 0 Å². The van der Waals surface area contributed by atoms with Crippen LogP contribution in [0.3, 0.4) is 0 Å². The maximum absolute atomic E-state index is 8.25. The number of nitrogens with zero attached hydrogens (tertiary/aromatic N) is 24. The van der Waals surface area contributed by atoms with Crippen LogP contribution in [0.15, 0.2) is 0 Å². The summed E-state index contributed by atoms with van der Waals surface area (Å²) in [4.78, 5) is 198. The Balaban J connectivity index is -0.0000000166. The topological polar surface area (TPSA) is 1730 Å². The minimum atomic E-state index is -1.75. The summed E-state index contributed by atoms with van der Waals surface area (Å²) in [6.07, 6.45) is 0. The Bertz CT molecular complexity index is 1330. The molecule has 100 nitrogen and oxygen atoms in total. The Kier molecular flexibility index (Phi) is 441. The second kappa shape index (κ2) is 212. The Labute approximate surface area is 715 Å². The molecule has 0 amide bonds. The largest absolute Gasteiger partial charge is 4.00 e. The van der Waals surface area contributed by atoms with Crippen molar-refractivity contribution in [3.05, 3.63) is 368 Å². The molecule has 0 heterocycles. The molecule has 105 heavy (non-hydrogen) atoms. The Morgan fingerprint density at radius 2 is 0.0762 bits per heavy atom. The average molecular weight is 2260 g/mol. The predicted molar refractivity (Wildman–Crippen MR) is 273 cm³/mol. The second-order valence-corrected chi connectivity index (χ2v) is 5.37. The van der Waals surface area contributed by atoms with Gasteiger partial charge in [-0.2, -0.15) is 0 Å². The molecular weight excluding hydrogens is 2240 g/mol. The molecule has 608 valence electrons. The van der Waals surface area contributed by atoms with Crippen LogP contribution in [0.2, 0.25) is 0 Å². The summed E-state index contributed by atoms with van der Waals surface area (Å²) in [6, 6.07) is 0. The maximum Gasteiger partial charge on any atom is 4.00 e. The Hall–Kier alpha value is -12.5. The van der Waals surface area contributed by atoms with Crippen molar-refractivity contribution in [3.8, 4) is 0 Å². The third-order valence-electron chi connectivity index (χ3n) is 0. The molecule has 0 rings (SSSR count). The molecule has 0 unspecified atom stereocenters. The van der Waals surface area contributed by atoms with Crippen molar-refractivity contribution in [2.24, 2.45) is 0 Å². The van der Waals surface area contributed by atoms with Crippen LogP contribution in [0, 0.1) is 576 Å². The summed E-state index contributed by atoms with van der Waals surface area (Å²) in [5.74, 6) is 0. The zero-order valence-electron chi connectivity index (χ0n) is 46.6. The number of quaternary nitrogens is 4. The van der Waals surface area contributed by atoms with Gasteiger partial charge >= 0.3 is 209 Å². The maximum atomic E-state index is 8.25. The summed E-state index contributed by atoms with van der Waals surface area (Å²) in [5.41, 5.74) is 0. The molecule has 0 aliphatic carbocycles. The molecule has 0 aliphatic heterocycles. The van der Waals surface area contributed by atoms with E-state index < -0.39 is 122 Å². The molecule has 0 aliphatic rings. The standard InChI is InChI=1S/5Ce.24NO3.4H3N/c;;;;;24*2-1(3)4;;;;/h;;;;;;;;;;;;;;;;;;;;;;;;;;;;;4*1H3/q5*+4;24*-1;;;;/p+4. The first-order chi connectivity index (χ1) is 41.6. The van der Waals surface area contributed by atoms with E-state index in [-0.39, 0.29) is 233 Å². The van der Waals surface area contributed by atoms with Gasteiger partial charge in [-0.15, -0.1) is 0 Å². The van der Waals surface area contributed by atoms with Crippen molar-refractivity contribution in [2.75, 3.05) is 0 Å². The molecule has 105 heteroatoms. The molecule has 0 fully saturated rings. The molecule has 0 radical (unpaired) electrons. The average Bonchev–Trinajstić information content (AvgIpc) is 3.12. The summed E-state index contributed by atoms with van der Waals surface area (Å²) in [6.45, 7) is 0. The van der Waals surface area contributed by atoms with Gasteiger partial charge in [0.2, 0.25) is 0 Å². The van der Waals surface area contributed by atoms with Gasteiger partial charge in [-0.3, -0.25) is 0 Å². The fourth-order valence-corrected chi connectivity index (χ4v) is 0. The first-order valence-electron chi connectivity index (χ1n) is 13.1. The van der Waals surface area contributed by atoms with E-state index in [1.54, 1.807) is 0 Å². The van der Waals surface area contributed by atoms with Crippen LogP contribution in [0.5, 0.6) is 0 Å². The first-order valence-corrected chi connectivity index (χ1v) is 13.1. The summed E-state index contributed by atoms with van der Waals surface area (Å²) < 4.78 is 0. The molecule has 0 aromatic carbocycles. The van der Waals surface area contributed by atoms with Crippen molar-refractivity contribution in [1.82, 2.24) is 24.6 Å². The summed E-state index contributed by atoms with van der Waals surface area (Å²) in [5, 5.41) is 354. The van der Waals surface area contributed by atoms with Crippen LogP contribution in [-0.2, 0) is 0 Å². The normalized spacial score (nSPS) is 5.49. The van der Waals surface area contributed by atoms with Crippen LogP contribution >= 0.6 is 0 Å². The van der Waals surface area contributed by atoms with Crippen LogP contribution in [0.4, 0.5) is 0 Å². The molecule has 0 saturated heterocycles. The van der Waals surface area contributed by atoms with Gasteiger partial charge in [-0.25, -0.2) is 0 Å². The van der Waals surface area contributed by atoms with Crippen LogP contribution in [0.1, 0.15) is 0 Å². The van der Waals surface area contributed by atoms with E-state index >= 15 is 0 Å². The molecule has 0 atom stereocenters. The number of rotatable bonds is 0. The van der Waals surface area contributed by atoms with E-state index in [1.165, 1.54) is 0 Å². The molecule has 0 saturated carbocycles. The first kappa shape index (κ1) is 219. The van der Waals surface area contributed by atoms with Gasteiger partial charge in [0.1, 0.15) is 0 Å². The molecule has 0 aromatic heterocycles. The molecule has 0 aromatic rings. The zero-order valence-corrected chi connectivity index (χ0v) is 62.3. The monoisotopic (exact) mass is 2260 g/mol. The van der Waals surface area contributed by atoms with E-state index in [2.05, 4.69) is 0 Å². The van der Waals surface area contributed by atoms with Gasteiger partial charge in [0, 0.05) is 0 Å². The second-order valence-electron chi connectivity index (χ2n) is 5.37. The fraction of sp³-hybridized carbons (Fsp3) is 0. The van der Waals surface area contributed by atoms with Gasteiger partial charge in [0.05, 0.1) is 122 Å². The van der Waals surface area contributed by atoms with Crippen LogP contribution in [0.25, 0.3) is 0 Å².